The van der Waals surface area contributed by atoms with Crippen LogP contribution >= 0.6 is 0 Å². The SMILES string of the molecule is CC(C)c1ccc(-c2cccc3c2C=[C-]C3c2ccccn2)cc1.CC(C)c1ccc(-c2cccc3c2C=[C-]C3c2ccccn2)cc1.[Cl-].[Cl-].[Zr+4]. The molecule has 2 heterocycles. The number of pyridine rings is 2. The molecule has 0 bridgehead atoms. The predicted octanol–water partition coefficient (Wildman–Crippen LogP) is 5.67. The minimum absolute atomic E-state index is 0. The Hall–Kier alpha value is -3.88. The van der Waals surface area contributed by atoms with E-state index in [1.165, 1.54) is 55.6 Å². The van der Waals surface area contributed by atoms with Crippen LogP contribution in [0.3, 0.4) is 0 Å². The number of allylic oxidation sites excluding steroid dienone is 2. The zero-order valence-electron chi connectivity index (χ0n) is 29.3. The Morgan fingerprint density at radius 3 is 1.20 bits per heavy atom. The van der Waals surface area contributed by atoms with Gasteiger partial charge in [-0.25, -0.2) is 12.2 Å². The zero-order valence-corrected chi connectivity index (χ0v) is 33.3. The van der Waals surface area contributed by atoms with Crippen LogP contribution in [-0.2, 0) is 26.2 Å². The van der Waals surface area contributed by atoms with Crippen LogP contribution in [-0.4, -0.2) is 9.97 Å². The Labute approximate surface area is 335 Å². The number of hydrogen-bond acceptors (Lipinski definition) is 2. The molecule has 0 N–H and O–H groups in total. The van der Waals surface area contributed by atoms with Gasteiger partial charge in [0.25, 0.3) is 0 Å². The van der Waals surface area contributed by atoms with E-state index >= 15 is 0 Å². The third-order valence-corrected chi connectivity index (χ3v) is 9.43. The van der Waals surface area contributed by atoms with Crippen LogP contribution in [0.15, 0.2) is 134 Å². The number of aromatic nitrogens is 2. The minimum atomic E-state index is 0. The second-order valence-corrected chi connectivity index (χ2v) is 13.2. The summed E-state index contributed by atoms with van der Waals surface area (Å²) in [6.45, 7) is 8.91. The maximum absolute atomic E-state index is 4.51. The third kappa shape index (κ3) is 8.61. The van der Waals surface area contributed by atoms with E-state index < -0.39 is 0 Å². The van der Waals surface area contributed by atoms with Gasteiger partial charge in [-0.05, 0) is 70.2 Å². The van der Waals surface area contributed by atoms with Crippen LogP contribution in [0.5, 0.6) is 0 Å². The Bertz CT molecular complexity index is 1920. The Kier molecular flexibility index (Phi) is 14.1. The second-order valence-electron chi connectivity index (χ2n) is 13.2. The Morgan fingerprint density at radius 2 is 0.863 bits per heavy atom. The molecule has 2 aliphatic carbocycles. The van der Waals surface area contributed by atoms with E-state index in [1.54, 1.807) is 0 Å². The van der Waals surface area contributed by atoms with Gasteiger partial charge in [0.1, 0.15) is 0 Å². The van der Waals surface area contributed by atoms with Crippen LogP contribution in [0, 0.1) is 12.2 Å². The molecule has 252 valence electrons. The summed E-state index contributed by atoms with van der Waals surface area (Å²) in [6.07, 6.45) is 14.9. The van der Waals surface area contributed by atoms with Crippen LogP contribution in [0.2, 0.25) is 0 Å². The summed E-state index contributed by atoms with van der Waals surface area (Å²) in [5.74, 6) is 1.39. The zero-order chi connectivity index (χ0) is 33.0. The first-order chi connectivity index (χ1) is 23.5. The van der Waals surface area contributed by atoms with E-state index in [0.717, 1.165) is 11.4 Å². The van der Waals surface area contributed by atoms with Crippen molar-refractivity contribution >= 4 is 12.2 Å². The van der Waals surface area contributed by atoms with Gasteiger partial charge in [-0.1, -0.05) is 136 Å². The average Bonchev–Trinajstić information content (AvgIpc) is 3.78. The van der Waals surface area contributed by atoms with Gasteiger partial charge in [0.05, 0.1) is 0 Å². The summed E-state index contributed by atoms with van der Waals surface area (Å²) >= 11 is 0. The fourth-order valence-corrected chi connectivity index (χ4v) is 6.69. The van der Waals surface area contributed by atoms with Crippen molar-refractivity contribution in [1.29, 1.82) is 0 Å². The minimum Gasteiger partial charge on any atom is -1.00 e. The van der Waals surface area contributed by atoms with Gasteiger partial charge in [-0.2, -0.15) is 11.1 Å². The van der Waals surface area contributed by atoms with Gasteiger partial charge >= 0.3 is 26.2 Å². The summed E-state index contributed by atoms with van der Waals surface area (Å²) in [5, 5.41) is 0. The molecule has 8 rings (SSSR count). The monoisotopic (exact) mass is 780 g/mol. The second kappa shape index (κ2) is 18.1. The molecule has 4 aromatic carbocycles. The number of hydrogen-bond donors (Lipinski definition) is 0. The number of fused-ring (bicyclic) bond motifs is 2. The van der Waals surface area contributed by atoms with Crippen LogP contribution in [0.1, 0.15) is 96.1 Å². The molecule has 0 fully saturated rings. The topological polar surface area (TPSA) is 25.8 Å². The normalized spacial score (nSPS) is 14.8. The largest absolute Gasteiger partial charge is 4.00 e. The first-order valence-corrected chi connectivity index (χ1v) is 16.9. The Balaban J connectivity index is 0.000000216. The maximum atomic E-state index is 4.51. The molecule has 2 aliphatic rings. The van der Waals surface area contributed by atoms with Gasteiger partial charge in [-0.3, -0.25) is 22.1 Å². The molecule has 51 heavy (non-hydrogen) atoms. The van der Waals surface area contributed by atoms with Crippen molar-refractivity contribution < 1.29 is 51.0 Å². The molecule has 2 aromatic heterocycles. The van der Waals surface area contributed by atoms with E-state index in [9.17, 15) is 0 Å². The molecule has 0 saturated carbocycles. The number of rotatable bonds is 6. The molecule has 0 aliphatic heterocycles. The third-order valence-electron chi connectivity index (χ3n) is 9.43. The standard InChI is InChI=1S/2C23H20N.2ClH.Zr/c2*1-16(2)17-9-11-18(12-10-17)19-6-5-7-20-21(19)13-14-22(20)23-8-3-4-15-24-23;;;/h2*3-13,15-16,22H,1-2H3;2*1H;/q2*-1;;;+4/p-2. The quantitative estimate of drug-likeness (QED) is 0.204. The molecule has 2 unspecified atom stereocenters. The first kappa shape index (κ1) is 39.9. The summed E-state index contributed by atoms with van der Waals surface area (Å²) < 4.78 is 0. The van der Waals surface area contributed by atoms with Crippen molar-refractivity contribution in [3.63, 3.8) is 0 Å². The van der Waals surface area contributed by atoms with E-state index in [4.69, 9.17) is 0 Å². The molecule has 0 amide bonds. The van der Waals surface area contributed by atoms with Crippen LogP contribution in [0.4, 0.5) is 0 Å². The van der Waals surface area contributed by atoms with E-state index in [1.807, 2.05) is 36.7 Å². The fraction of sp³-hybridized carbons (Fsp3) is 0.174. The maximum Gasteiger partial charge on any atom is 4.00 e. The van der Waals surface area contributed by atoms with Crippen LogP contribution < -0.4 is 24.8 Å². The molecular formula is C46H40Cl2N2Zr. The van der Waals surface area contributed by atoms with Crippen molar-refractivity contribution in [2.24, 2.45) is 0 Å². The van der Waals surface area contributed by atoms with Crippen LogP contribution in [0.25, 0.3) is 34.4 Å². The summed E-state index contributed by atoms with van der Waals surface area (Å²) in [5.41, 5.74) is 15.0. The number of benzene rings is 4. The van der Waals surface area contributed by atoms with Gasteiger partial charge in [0, 0.05) is 23.8 Å². The molecule has 0 saturated heterocycles. The van der Waals surface area contributed by atoms with Gasteiger partial charge in [0.2, 0.25) is 0 Å². The van der Waals surface area contributed by atoms with Crippen molar-refractivity contribution in [2.75, 3.05) is 0 Å². The van der Waals surface area contributed by atoms with E-state index in [2.05, 4.69) is 159 Å². The predicted molar refractivity (Wildman–Crippen MR) is 200 cm³/mol. The molecule has 0 radical (unpaired) electrons. The number of halogens is 2. The van der Waals surface area contributed by atoms with Gasteiger partial charge < -0.3 is 24.8 Å². The van der Waals surface area contributed by atoms with Crippen molar-refractivity contribution in [3.8, 4) is 22.3 Å². The van der Waals surface area contributed by atoms with Gasteiger partial charge in [0.15, 0.2) is 0 Å². The summed E-state index contributed by atoms with van der Waals surface area (Å²) in [7, 11) is 0. The Morgan fingerprint density at radius 1 is 0.471 bits per heavy atom. The summed E-state index contributed by atoms with van der Waals surface area (Å²) in [4.78, 5) is 9.02. The summed E-state index contributed by atoms with van der Waals surface area (Å²) in [6, 6.07) is 43.0. The molecule has 6 aromatic rings. The molecule has 0 spiro atoms. The fourth-order valence-electron chi connectivity index (χ4n) is 6.69. The van der Waals surface area contributed by atoms with E-state index in [-0.39, 0.29) is 62.9 Å². The van der Waals surface area contributed by atoms with E-state index in [0.29, 0.717) is 11.8 Å². The molecule has 5 heteroatoms. The molecule has 2 atom stereocenters. The van der Waals surface area contributed by atoms with Crippen molar-refractivity contribution in [2.45, 2.75) is 51.4 Å². The van der Waals surface area contributed by atoms with Crippen molar-refractivity contribution in [1.82, 2.24) is 9.97 Å². The first-order valence-electron chi connectivity index (χ1n) is 16.9. The van der Waals surface area contributed by atoms with Crippen molar-refractivity contribution in [3.05, 3.63) is 191 Å². The average molecular weight is 783 g/mol. The molecule has 2 nitrogen and oxygen atoms in total. The molecular weight excluding hydrogens is 743 g/mol. The van der Waals surface area contributed by atoms with Gasteiger partial charge in [-0.15, -0.1) is 11.1 Å². The number of nitrogens with zero attached hydrogens (tertiary/aromatic N) is 2. The smallest absolute Gasteiger partial charge is 1.00 e.